The third-order valence-electron chi connectivity index (χ3n) is 6.34. The number of benzene rings is 2. The van der Waals surface area contributed by atoms with Gasteiger partial charge < -0.3 is 24.6 Å². The summed E-state index contributed by atoms with van der Waals surface area (Å²) < 4.78 is 12.7. The van der Waals surface area contributed by atoms with Crippen molar-refractivity contribution in [1.82, 2.24) is 24.7 Å². The molecule has 36 heavy (non-hydrogen) atoms. The molecule has 0 amide bonds. The highest BCUT2D eigenvalue weighted by Crippen LogP contribution is 2.25. The van der Waals surface area contributed by atoms with Crippen molar-refractivity contribution in [3.05, 3.63) is 67.1 Å². The van der Waals surface area contributed by atoms with E-state index >= 15 is 0 Å². The lowest BCUT2D eigenvalue weighted by molar-refractivity contribution is 0.122. The van der Waals surface area contributed by atoms with Crippen LogP contribution in [0.25, 0.3) is 16.9 Å². The SMILES string of the molecule is c1cc(-c2ccnc(Nc3ccc(-n4cnc(N5CCOCC5)n4)cc3)n2)cc(N2CCOCC2)c1. The average molecular weight is 485 g/mol. The van der Waals surface area contributed by atoms with E-state index in [1.807, 2.05) is 30.3 Å². The molecule has 2 aromatic carbocycles. The summed E-state index contributed by atoms with van der Waals surface area (Å²) in [5, 5.41) is 7.94. The van der Waals surface area contributed by atoms with Gasteiger partial charge in [-0.2, -0.15) is 4.98 Å². The second-order valence-corrected chi connectivity index (χ2v) is 8.68. The Kier molecular flexibility index (Phi) is 6.43. The van der Waals surface area contributed by atoms with Crippen molar-refractivity contribution in [1.29, 1.82) is 0 Å². The van der Waals surface area contributed by atoms with E-state index in [0.717, 1.165) is 68.0 Å². The molecule has 4 heterocycles. The van der Waals surface area contributed by atoms with Crippen LogP contribution in [0.3, 0.4) is 0 Å². The molecule has 0 bridgehead atoms. The van der Waals surface area contributed by atoms with E-state index in [-0.39, 0.29) is 0 Å². The van der Waals surface area contributed by atoms with Gasteiger partial charge in [0.05, 0.1) is 37.8 Å². The first-order valence-corrected chi connectivity index (χ1v) is 12.2. The van der Waals surface area contributed by atoms with Gasteiger partial charge in [0.2, 0.25) is 11.9 Å². The molecule has 6 rings (SSSR count). The van der Waals surface area contributed by atoms with Gasteiger partial charge in [-0.05, 0) is 42.5 Å². The van der Waals surface area contributed by atoms with Crippen molar-refractivity contribution in [2.75, 3.05) is 67.7 Å². The fourth-order valence-corrected chi connectivity index (χ4v) is 4.38. The number of nitrogens with zero attached hydrogens (tertiary/aromatic N) is 7. The molecular weight excluding hydrogens is 456 g/mol. The molecule has 2 saturated heterocycles. The standard InChI is InChI=1S/C26H28N8O2/c1-2-20(18-23(3-1)32-10-14-35-15-11-32)24-8-9-27-25(30-24)29-21-4-6-22(7-5-21)34-19-28-26(31-34)33-12-16-36-17-13-33/h1-9,18-19H,10-17H2,(H,27,29,30). The Morgan fingerprint density at radius 1 is 0.750 bits per heavy atom. The molecule has 2 aromatic heterocycles. The molecule has 1 N–H and O–H groups in total. The van der Waals surface area contributed by atoms with Crippen LogP contribution in [-0.2, 0) is 9.47 Å². The van der Waals surface area contributed by atoms with Crippen LogP contribution in [0.2, 0.25) is 0 Å². The Labute approximate surface area is 209 Å². The maximum absolute atomic E-state index is 5.48. The highest BCUT2D eigenvalue weighted by atomic mass is 16.5. The molecule has 0 spiro atoms. The second-order valence-electron chi connectivity index (χ2n) is 8.68. The first-order valence-electron chi connectivity index (χ1n) is 12.2. The third-order valence-corrected chi connectivity index (χ3v) is 6.34. The minimum atomic E-state index is 0.549. The number of hydrogen-bond donors (Lipinski definition) is 1. The van der Waals surface area contributed by atoms with Gasteiger partial charge in [-0.25, -0.2) is 14.6 Å². The Hall–Kier alpha value is -4.02. The molecule has 2 aliphatic heterocycles. The monoisotopic (exact) mass is 484 g/mol. The van der Waals surface area contributed by atoms with Gasteiger partial charge >= 0.3 is 0 Å². The Morgan fingerprint density at radius 2 is 1.50 bits per heavy atom. The van der Waals surface area contributed by atoms with E-state index in [1.165, 1.54) is 5.69 Å². The zero-order valence-electron chi connectivity index (χ0n) is 20.0. The lowest BCUT2D eigenvalue weighted by atomic mass is 10.1. The molecule has 0 saturated carbocycles. The molecule has 0 aliphatic carbocycles. The van der Waals surface area contributed by atoms with Crippen molar-refractivity contribution in [2.45, 2.75) is 0 Å². The molecule has 2 fully saturated rings. The lowest BCUT2D eigenvalue weighted by Gasteiger charge is -2.29. The maximum Gasteiger partial charge on any atom is 0.245 e. The van der Waals surface area contributed by atoms with Crippen LogP contribution in [0.5, 0.6) is 0 Å². The predicted molar refractivity (Wildman–Crippen MR) is 138 cm³/mol. The van der Waals surface area contributed by atoms with Gasteiger partial charge in [0.25, 0.3) is 0 Å². The number of rotatable bonds is 6. The van der Waals surface area contributed by atoms with Crippen molar-refractivity contribution in [3.63, 3.8) is 0 Å². The summed E-state index contributed by atoms with van der Waals surface area (Å²) in [6.07, 6.45) is 3.52. The number of morpholine rings is 2. The van der Waals surface area contributed by atoms with Crippen molar-refractivity contribution >= 4 is 23.3 Å². The first-order chi connectivity index (χ1) is 17.8. The van der Waals surface area contributed by atoms with Crippen LogP contribution < -0.4 is 15.1 Å². The molecule has 0 unspecified atom stereocenters. The second kappa shape index (κ2) is 10.3. The van der Waals surface area contributed by atoms with Crippen LogP contribution >= 0.6 is 0 Å². The number of nitrogens with one attached hydrogen (secondary N) is 1. The largest absolute Gasteiger partial charge is 0.378 e. The summed E-state index contributed by atoms with van der Waals surface area (Å²) in [6, 6.07) is 18.4. The smallest absolute Gasteiger partial charge is 0.245 e. The minimum absolute atomic E-state index is 0.549. The van der Waals surface area contributed by atoms with E-state index in [9.17, 15) is 0 Å². The van der Waals surface area contributed by atoms with Gasteiger partial charge in [0, 0.05) is 49.3 Å². The third kappa shape index (κ3) is 5.00. The number of anilines is 4. The van der Waals surface area contributed by atoms with E-state index in [0.29, 0.717) is 19.2 Å². The van der Waals surface area contributed by atoms with Gasteiger partial charge in [-0.15, -0.1) is 5.10 Å². The van der Waals surface area contributed by atoms with E-state index in [2.05, 4.69) is 54.4 Å². The highest BCUT2D eigenvalue weighted by Gasteiger charge is 2.16. The quantitative estimate of drug-likeness (QED) is 0.443. The topological polar surface area (TPSA) is 93.5 Å². The minimum Gasteiger partial charge on any atom is -0.378 e. The summed E-state index contributed by atoms with van der Waals surface area (Å²) in [4.78, 5) is 18.1. The predicted octanol–water partition coefficient (Wildman–Crippen LogP) is 3.14. The average Bonchev–Trinajstić information content (AvgIpc) is 3.45. The number of hydrogen-bond acceptors (Lipinski definition) is 9. The van der Waals surface area contributed by atoms with Gasteiger partial charge in [0.15, 0.2) is 0 Å². The first kappa shape index (κ1) is 22.4. The molecule has 10 nitrogen and oxygen atoms in total. The summed E-state index contributed by atoms with van der Waals surface area (Å²) >= 11 is 0. The van der Waals surface area contributed by atoms with Crippen molar-refractivity contribution in [3.8, 4) is 16.9 Å². The molecule has 0 radical (unpaired) electrons. The summed E-state index contributed by atoms with van der Waals surface area (Å²) in [7, 11) is 0. The maximum atomic E-state index is 5.48. The van der Waals surface area contributed by atoms with Crippen LogP contribution in [0, 0.1) is 0 Å². The van der Waals surface area contributed by atoms with E-state index in [4.69, 9.17) is 14.5 Å². The van der Waals surface area contributed by atoms with Crippen LogP contribution in [0.15, 0.2) is 67.1 Å². The Morgan fingerprint density at radius 3 is 2.28 bits per heavy atom. The van der Waals surface area contributed by atoms with E-state index < -0.39 is 0 Å². The molecule has 0 atom stereocenters. The van der Waals surface area contributed by atoms with Crippen molar-refractivity contribution in [2.24, 2.45) is 0 Å². The number of ether oxygens (including phenoxy) is 2. The summed E-state index contributed by atoms with van der Waals surface area (Å²) in [5.74, 6) is 1.27. The molecule has 2 aliphatic rings. The van der Waals surface area contributed by atoms with E-state index in [1.54, 1.807) is 17.2 Å². The fraction of sp³-hybridized carbons (Fsp3) is 0.308. The summed E-state index contributed by atoms with van der Waals surface area (Å²) in [6.45, 7) is 6.35. The molecule has 4 aromatic rings. The lowest BCUT2D eigenvalue weighted by Crippen LogP contribution is -2.37. The Balaban J connectivity index is 1.15. The molecule has 10 heteroatoms. The van der Waals surface area contributed by atoms with Gasteiger partial charge in [0.1, 0.15) is 6.33 Å². The molecule has 184 valence electrons. The van der Waals surface area contributed by atoms with Gasteiger partial charge in [-0.3, -0.25) is 0 Å². The normalized spacial score (nSPS) is 16.2. The Bertz CT molecular complexity index is 1300. The van der Waals surface area contributed by atoms with Crippen molar-refractivity contribution < 1.29 is 9.47 Å². The zero-order chi connectivity index (χ0) is 24.2. The highest BCUT2D eigenvalue weighted by molar-refractivity contribution is 5.67. The molecular formula is C26H28N8O2. The zero-order valence-corrected chi connectivity index (χ0v) is 20.0. The summed E-state index contributed by atoms with van der Waals surface area (Å²) in [5.41, 5.74) is 4.94. The fourth-order valence-electron chi connectivity index (χ4n) is 4.38. The van der Waals surface area contributed by atoms with Crippen LogP contribution in [0.4, 0.5) is 23.3 Å². The van der Waals surface area contributed by atoms with Crippen LogP contribution in [-0.4, -0.2) is 77.3 Å². The van der Waals surface area contributed by atoms with Gasteiger partial charge in [-0.1, -0.05) is 12.1 Å². The van der Waals surface area contributed by atoms with Crippen LogP contribution in [0.1, 0.15) is 0 Å². The number of aromatic nitrogens is 5.